The van der Waals surface area contributed by atoms with Crippen LogP contribution in [-0.4, -0.2) is 40.4 Å². The predicted octanol–water partition coefficient (Wildman–Crippen LogP) is -5.18. The van der Waals surface area contributed by atoms with Gasteiger partial charge in [0.15, 0.2) is 0 Å². The molecule has 0 aliphatic carbocycles. The van der Waals surface area contributed by atoms with Gasteiger partial charge in [0.2, 0.25) is 5.91 Å². The SMILES string of the molecule is O=C([O-])CN1C(=O)CCC1C(=O)O.[Na+]. The number of hydrogen-bond donors (Lipinski definition) is 1. The molecule has 6 nitrogen and oxygen atoms in total. The van der Waals surface area contributed by atoms with E-state index in [4.69, 9.17) is 5.11 Å². The van der Waals surface area contributed by atoms with E-state index in [1.165, 1.54) is 0 Å². The molecule has 1 aliphatic rings. The van der Waals surface area contributed by atoms with E-state index in [1.807, 2.05) is 0 Å². The summed E-state index contributed by atoms with van der Waals surface area (Å²) < 4.78 is 0. The molecule has 1 unspecified atom stereocenters. The third kappa shape index (κ3) is 2.97. The second kappa shape index (κ2) is 5.33. The number of aliphatic carboxylic acids is 2. The fourth-order valence-corrected chi connectivity index (χ4v) is 1.33. The molecular formula is C7H8NNaO5. The van der Waals surface area contributed by atoms with Gasteiger partial charge in [0.1, 0.15) is 6.04 Å². The van der Waals surface area contributed by atoms with Gasteiger partial charge in [0, 0.05) is 6.42 Å². The van der Waals surface area contributed by atoms with Gasteiger partial charge in [0.25, 0.3) is 0 Å². The van der Waals surface area contributed by atoms with Crippen molar-refractivity contribution in [2.24, 2.45) is 0 Å². The molecule has 72 valence electrons. The van der Waals surface area contributed by atoms with Crippen LogP contribution >= 0.6 is 0 Å². The first-order valence-corrected chi connectivity index (χ1v) is 3.74. The van der Waals surface area contributed by atoms with E-state index in [2.05, 4.69) is 0 Å². The Labute approximate surface area is 102 Å². The van der Waals surface area contributed by atoms with Gasteiger partial charge in [-0.3, -0.25) is 4.79 Å². The summed E-state index contributed by atoms with van der Waals surface area (Å²) in [4.78, 5) is 32.5. The first-order chi connectivity index (χ1) is 6.02. The zero-order valence-corrected chi connectivity index (χ0v) is 9.73. The average molecular weight is 209 g/mol. The number of amides is 1. The van der Waals surface area contributed by atoms with E-state index in [9.17, 15) is 19.5 Å². The molecule has 1 rings (SSSR count). The van der Waals surface area contributed by atoms with Crippen molar-refractivity contribution >= 4 is 17.8 Å². The normalized spacial score (nSPS) is 20.4. The minimum Gasteiger partial charge on any atom is -0.548 e. The largest absolute Gasteiger partial charge is 1.00 e. The van der Waals surface area contributed by atoms with Crippen LogP contribution in [0.1, 0.15) is 12.8 Å². The Kier molecular flexibility index (Phi) is 5.11. The molecule has 1 atom stereocenters. The van der Waals surface area contributed by atoms with Crippen molar-refractivity contribution in [1.82, 2.24) is 4.90 Å². The molecule has 0 aromatic rings. The second-order valence-electron chi connectivity index (χ2n) is 2.79. The standard InChI is InChI=1S/C7H9NO5.Na/c9-5-2-1-4(7(12)13)8(5)3-6(10)11;/h4H,1-3H2,(H,10,11)(H,12,13);/q;+1/p-1. The molecule has 1 aliphatic heterocycles. The molecule has 0 spiro atoms. The van der Waals surface area contributed by atoms with Crippen molar-refractivity contribution in [3.05, 3.63) is 0 Å². The number of hydrogen-bond acceptors (Lipinski definition) is 4. The molecule has 0 aromatic heterocycles. The van der Waals surface area contributed by atoms with E-state index < -0.39 is 30.4 Å². The Hall–Kier alpha value is -0.590. The maximum atomic E-state index is 11.0. The van der Waals surface area contributed by atoms with Crippen LogP contribution in [0.25, 0.3) is 0 Å². The number of carboxylic acid groups (broad SMARTS) is 2. The quantitative estimate of drug-likeness (QED) is 0.468. The van der Waals surface area contributed by atoms with Gasteiger partial charge in [-0.2, -0.15) is 0 Å². The fraction of sp³-hybridized carbons (Fsp3) is 0.571. The summed E-state index contributed by atoms with van der Waals surface area (Å²) in [7, 11) is 0. The van der Waals surface area contributed by atoms with E-state index in [0.29, 0.717) is 0 Å². The van der Waals surface area contributed by atoms with Crippen LogP contribution < -0.4 is 34.7 Å². The minimum absolute atomic E-state index is 0. The van der Waals surface area contributed by atoms with Gasteiger partial charge in [-0.25, -0.2) is 4.79 Å². The van der Waals surface area contributed by atoms with Gasteiger partial charge < -0.3 is 19.9 Å². The van der Waals surface area contributed by atoms with Gasteiger partial charge in [-0.05, 0) is 6.42 Å². The molecule has 1 saturated heterocycles. The summed E-state index contributed by atoms with van der Waals surface area (Å²) in [5.74, 6) is -3.06. The third-order valence-electron chi connectivity index (χ3n) is 1.91. The summed E-state index contributed by atoms with van der Waals surface area (Å²) in [6, 6.07) is -1.01. The van der Waals surface area contributed by atoms with Crippen LogP contribution in [0.4, 0.5) is 0 Å². The van der Waals surface area contributed by atoms with Crippen LogP contribution in [0.15, 0.2) is 0 Å². The fourth-order valence-electron chi connectivity index (χ4n) is 1.33. The Bertz CT molecular complexity index is 267. The Morgan fingerprint density at radius 3 is 2.57 bits per heavy atom. The average Bonchev–Trinajstić information content (AvgIpc) is 2.32. The van der Waals surface area contributed by atoms with Crippen molar-refractivity contribution < 1.29 is 54.2 Å². The second-order valence-corrected chi connectivity index (χ2v) is 2.79. The predicted molar refractivity (Wildman–Crippen MR) is 37.4 cm³/mol. The number of rotatable bonds is 3. The molecule has 1 fully saturated rings. The van der Waals surface area contributed by atoms with Gasteiger partial charge in [-0.15, -0.1) is 0 Å². The number of likely N-dealkylation sites (tertiary alicyclic amines) is 1. The molecular weight excluding hydrogens is 201 g/mol. The molecule has 14 heavy (non-hydrogen) atoms. The molecule has 0 radical (unpaired) electrons. The zero-order chi connectivity index (χ0) is 10.0. The van der Waals surface area contributed by atoms with Gasteiger partial charge in [-0.1, -0.05) is 0 Å². The maximum absolute atomic E-state index is 11.0. The maximum Gasteiger partial charge on any atom is 1.00 e. The topological polar surface area (TPSA) is 97.7 Å². The summed E-state index contributed by atoms with van der Waals surface area (Å²) in [6.45, 7) is -0.643. The molecule has 0 aromatic carbocycles. The number of carboxylic acids is 2. The molecule has 1 N–H and O–H groups in total. The van der Waals surface area contributed by atoms with Crippen LogP contribution in [-0.2, 0) is 14.4 Å². The first-order valence-electron chi connectivity index (χ1n) is 3.74. The third-order valence-corrected chi connectivity index (χ3v) is 1.91. The summed E-state index contributed by atoms with van der Waals surface area (Å²) in [5.41, 5.74) is 0. The zero-order valence-electron chi connectivity index (χ0n) is 7.73. The Balaban J connectivity index is 0.00000169. The summed E-state index contributed by atoms with van der Waals surface area (Å²) in [5, 5.41) is 18.8. The van der Waals surface area contributed by atoms with Crippen LogP contribution in [0.5, 0.6) is 0 Å². The monoisotopic (exact) mass is 209 g/mol. The summed E-state index contributed by atoms with van der Waals surface area (Å²) in [6.07, 6.45) is 0.256. The Morgan fingerprint density at radius 2 is 2.14 bits per heavy atom. The summed E-state index contributed by atoms with van der Waals surface area (Å²) >= 11 is 0. The van der Waals surface area contributed by atoms with Crippen molar-refractivity contribution in [2.45, 2.75) is 18.9 Å². The van der Waals surface area contributed by atoms with E-state index in [-0.39, 0.29) is 42.4 Å². The van der Waals surface area contributed by atoms with Gasteiger partial charge in [0.05, 0.1) is 12.5 Å². The van der Waals surface area contributed by atoms with E-state index >= 15 is 0 Å². The molecule has 0 saturated carbocycles. The minimum atomic E-state index is -1.44. The number of carbonyl (C=O) groups excluding carboxylic acids is 2. The number of carbonyl (C=O) groups is 3. The van der Waals surface area contributed by atoms with Crippen molar-refractivity contribution in [1.29, 1.82) is 0 Å². The number of nitrogens with zero attached hydrogens (tertiary/aromatic N) is 1. The smallest absolute Gasteiger partial charge is 0.548 e. The van der Waals surface area contributed by atoms with E-state index in [0.717, 1.165) is 4.90 Å². The van der Waals surface area contributed by atoms with Crippen molar-refractivity contribution in [2.75, 3.05) is 6.54 Å². The van der Waals surface area contributed by atoms with Crippen LogP contribution in [0.3, 0.4) is 0 Å². The van der Waals surface area contributed by atoms with Crippen molar-refractivity contribution in [3.63, 3.8) is 0 Å². The van der Waals surface area contributed by atoms with Crippen LogP contribution in [0.2, 0.25) is 0 Å². The first kappa shape index (κ1) is 13.4. The molecule has 1 heterocycles. The van der Waals surface area contributed by atoms with Gasteiger partial charge >= 0.3 is 35.5 Å². The van der Waals surface area contributed by atoms with E-state index in [1.54, 1.807) is 0 Å². The molecule has 1 amide bonds. The Morgan fingerprint density at radius 1 is 1.57 bits per heavy atom. The van der Waals surface area contributed by atoms with Crippen LogP contribution in [0, 0.1) is 0 Å². The molecule has 0 bridgehead atoms. The van der Waals surface area contributed by atoms with Crippen molar-refractivity contribution in [3.8, 4) is 0 Å². The molecule has 7 heteroatoms.